The first kappa shape index (κ1) is 13.2. The molecular weight excluding hydrogens is 256 g/mol. The maximum absolute atomic E-state index is 9.74. The molecule has 2 heterocycles. The van der Waals surface area contributed by atoms with Gasteiger partial charge < -0.3 is 9.84 Å². The van der Waals surface area contributed by atoms with Gasteiger partial charge in [-0.3, -0.25) is 0 Å². The van der Waals surface area contributed by atoms with Crippen LogP contribution < -0.4 is 0 Å². The number of para-hydroxylation sites is 1. The summed E-state index contributed by atoms with van der Waals surface area (Å²) < 4.78 is 7.26. The maximum atomic E-state index is 9.74. The topological polar surface area (TPSA) is 73.1 Å². The van der Waals surface area contributed by atoms with E-state index in [2.05, 4.69) is 15.5 Å². The van der Waals surface area contributed by atoms with E-state index in [9.17, 15) is 5.11 Å². The van der Waals surface area contributed by atoms with Crippen LogP contribution >= 0.6 is 0 Å². The highest BCUT2D eigenvalue weighted by Gasteiger charge is 2.34. The van der Waals surface area contributed by atoms with E-state index in [0.717, 1.165) is 31.0 Å². The normalized spacial score (nSPS) is 22.9. The second kappa shape index (κ2) is 5.68. The number of nitrogens with zero attached hydrogens (tertiary/aromatic N) is 4. The molecule has 0 spiro atoms. The first-order valence-corrected chi connectivity index (χ1v) is 6.84. The van der Waals surface area contributed by atoms with Crippen molar-refractivity contribution in [1.82, 2.24) is 20.2 Å². The number of rotatable bonds is 4. The van der Waals surface area contributed by atoms with Gasteiger partial charge >= 0.3 is 0 Å². The standard InChI is InChI=1S/C14H18N4O2/c19-10-14(7-4-8-20-11-14)9-13-15-16-17-18(13)12-5-2-1-3-6-12/h1-3,5-6,19H,4,7-11H2. The van der Waals surface area contributed by atoms with E-state index in [1.165, 1.54) is 0 Å². The highest BCUT2D eigenvalue weighted by atomic mass is 16.5. The van der Waals surface area contributed by atoms with Crippen molar-refractivity contribution < 1.29 is 9.84 Å². The smallest absolute Gasteiger partial charge is 0.157 e. The lowest BCUT2D eigenvalue weighted by Gasteiger charge is -2.34. The summed E-state index contributed by atoms with van der Waals surface area (Å²) in [5.41, 5.74) is 0.664. The van der Waals surface area contributed by atoms with Crippen LogP contribution in [0.25, 0.3) is 5.69 Å². The van der Waals surface area contributed by atoms with Crippen LogP contribution in [0.3, 0.4) is 0 Å². The van der Waals surface area contributed by atoms with Gasteiger partial charge in [0.05, 0.1) is 18.9 Å². The van der Waals surface area contributed by atoms with Crippen LogP contribution in [0.4, 0.5) is 0 Å². The third-order valence-corrected chi connectivity index (χ3v) is 3.81. The zero-order valence-electron chi connectivity index (χ0n) is 11.3. The number of aliphatic hydroxyl groups excluding tert-OH is 1. The summed E-state index contributed by atoms with van der Waals surface area (Å²) >= 11 is 0. The van der Waals surface area contributed by atoms with E-state index < -0.39 is 0 Å². The largest absolute Gasteiger partial charge is 0.396 e. The Balaban J connectivity index is 1.86. The molecule has 20 heavy (non-hydrogen) atoms. The van der Waals surface area contributed by atoms with Gasteiger partial charge in [0, 0.05) is 18.4 Å². The minimum Gasteiger partial charge on any atom is -0.396 e. The first-order valence-electron chi connectivity index (χ1n) is 6.84. The zero-order valence-corrected chi connectivity index (χ0v) is 11.3. The summed E-state index contributed by atoms with van der Waals surface area (Å²) in [4.78, 5) is 0. The second-order valence-electron chi connectivity index (χ2n) is 5.33. The highest BCUT2D eigenvalue weighted by molar-refractivity contribution is 5.30. The van der Waals surface area contributed by atoms with E-state index in [1.54, 1.807) is 4.68 Å². The molecule has 3 rings (SSSR count). The van der Waals surface area contributed by atoms with Gasteiger partial charge in [-0.05, 0) is 35.4 Å². The molecule has 2 aromatic rings. The molecule has 1 aliphatic heterocycles. The fourth-order valence-corrected chi connectivity index (χ4v) is 2.65. The van der Waals surface area contributed by atoms with E-state index in [-0.39, 0.29) is 12.0 Å². The van der Waals surface area contributed by atoms with Crippen molar-refractivity contribution in [3.8, 4) is 5.69 Å². The molecule has 0 radical (unpaired) electrons. The van der Waals surface area contributed by atoms with Crippen molar-refractivity contribution in [2.75, 3.05) is 19.8 Å². The van der Waals surface area contributed by atoms with E-state index in [1.807, 2.05) is 30.3 Å². The predicted octanol–water partition coefficient (Wildman–Crippen LogP) is 0.994. The molecule has 1 aromatic heterocycles. The third kappa shape index (κ3) is 2.57. The molecule has 1 unspecified atom stereocenters. The summed E-state index contributed by atoms with van der Waals surface area (Å²) in [6.07, 6.45) is 2.52. The Morgan fingerprint density at radius 1 is 1.30 bits per heavy atom. The van der Waals surface area contributed by atoms with Crippen LogP contribution in [0.1, 0.15) is 18.7 Å². The molecule has 1 N–H and O–H groups in total. The van der Waals surface area contributed by atoms with Gasteiger partial charge in [0.25, 0.3) is 0 Å². The van der Waals surface area contributed by atoms with E-state index in [0.29, 0.717) is 13.0 Å². The van der Waals surface area contributed by atoms with Gasteiger partial charge in [-0.1, -0.05) is 18.2 Å². The fourth-order valence-electron chi connectivity index (χ4n) is 2.65. The molecule has 1 fully saturated rings. The Morgan fingerprint density at radius 2 is 2.15 bits per heavy atom. The van der Waals surface area contributed by atoms with Crippen LogP contribution in [0.15, 0.2) is 30.3 Å². The molecule has 1 atom stereocenters. The Kier molecular flexibility index (Phi) is 3.75. The Hall–Kier alpha value is -1.79. The van der Waals surface area contributed by atoms with Crippen molar-refractivity contribution >= 4 is 0 Å². The summed E-state index contributed by atoms with van der Waals surface area (Å²) in [7, 11) is 0. The molecule has 0 aliphatic carbocycles. The number of ether oxygens (including phenoxy) is 1. The monoisotopic (exact) mass is 274 g/mol. The number of hydrogen-bond acceptors (Lipinski definition) is 5. The molecule has 106 valence electrons. The lowest BCUT2D eigenvalue weighted by molar-refractivity contribution is -0.0391. The molecular formula is C14H18N4O2. The first-order chi connectivity index (χ1) is 9.83. The van der Waals surface area contributed by atoms with Gasteiger partial charge in [-0.15, -0.1) is 5.10 Å². The lowest BCUT2D eigenvalue weighted by atomic mass is 9.80. The quantitative estimate of drug-likeness (QED) is 0.900. The average molecular weight is 274 g/mol. The summed E-state index contributed by atoms with van der Waals surface area (Å²) in [5.74, 6) is 0.760. The molecule has 1 saturated heterocycles. The molecule has 0 amide bonds. The molecule has 6 nitrogen and oxygen atoms in total. The summed E-state index contributed by atoms with van der Waals surface area (Å²) in [6.45, 7) is 1.42. The van der Waals surface area contributed by atoms with Gasteiger partial charge in [0.2, 0.25) is 0 Å². The number of tetrazole rings is 1. The Bertz CT molecular complexity index is 549. The Morgan fingerprint density at radius 3 is 2.85 bits per heavy atom. The average Bonchev–Trinajstić information content (AvgIpc) is 2.97. The van der Waals surface area contributed by atoms with Crippen LogP contribution in [0.2, 0.25) is 0 Å². The molecule has 0 bridgehead atoms. The third-order valence-electron chi connectivity index (χ3n) is 3.81. The van der Waals surface area contributed by atoms with Crippen molar-refractivity contribution in [3.63, 3.8) is 0 Å². The molecule has 0 saturated carbocycles. The molecule has 1 aliphatic rings. The zero-order chi connectivity index (χ0) is 13.8. The minimum atomic E-state index is -0.264. The number of aromatic nitrogens is 4. The van der Waals surface area contributed by atoms with Crippen molar-refractivity contribution in [2.45, 2.75) is 19.3 Å². The molecule has 1 aromatic carbocycles. The van der Waals surface area contributed by atoms with Crippen LogP contribution in [-0.2, 0) is 11.2 Å². The van der Waals surface area contributed by atoms with E-state index in [4.69, 9.17) is 4.74 Å². The number of aliphatic hydroxyl groups is 1. The Labute approximate surface area is 117 Å². The second-order valence-corrected chi connectivity index (χ2v) is 5.33. The lowest BCUT2D eigenvalue weighted by Crippen LogP contribution is -2.38. The fraction of sp³-hybridized carbons (Fsp3) is 0.500. The van der Waals surface area contributed by atoms with Crippen LogP contribution in [0, 0.1) is 5.41 Å². The minimum absolute atomic E-state index is 0.0919. The van der Waals surface area contributed by atoms with E-state index >= 15 is 0 Å². The highest BCUT2D eigenvalue weighted by Crippen LogP contribution is 2.31. The van der Waals surface area contributed by atoms with Gasteiger partial charge in [0.15, 0.2) is 5.82 Å². The van der Waals surface area contributed by atoms with Gasteiger partial charge in [-0.25, -0.2) is 0 Å². The van der Waals surface area contributed by atoms with Crippen LogP contribution in [-0.4, -0.2) is 45.1 Å². The maximum Gasteiger partial charge on any atom is 0.157 e. The number of benzene rings is 1. The molecule has 6 heteroatoms. The van der Waals surface area contributed by atoms with Gasteiger partial charge in [0.1, 0.15) is 0 Å². The van der Waals surface area contributed by atoms with Crippen molar-refractivity contribution in [3.05, 3.63) is 36.2 Å². The SMILES string of the molecule is OCC1(Cc2nnnn2-c2ccccc2)CCCOC1. The summed E-state index contributed by atoms with van der Waals surface area (Å²) in [5, 5.41) is 21.7. The number of hydrogen-bond donors (Lipinski definition) is 1. The van der Waals surface area contributed by atoms with Crippen molar-refractivity contribution in [1.29, 1.82) is 0 Å². The van der Waals surface area contributed by atoms with Crippen molar-refractivity contribution in [2.24, 2.45) is 5.41 Å². The predicted molar refractivity (Wildman–Crippen MR) is 72.4 cm³/mol. The summed E-state index contributed by atoms with van der Waals surface area (Å²) in [6, 6.07) is 9.78. The van der Waals surface area contributed by atoms with Gasteiger partial charge in [-0.2, -0.15) is 4.68 Å². The van der Waals surface area contributed by atoms with Crippen LogP contribution in [0.5, 0.6) is 0 Å².